The quantitative estimate of drug-likeness (QED) is 0.180. The molecule has 4 heterocycles. The number of hydrogen-bond acceptors (Lipinski definition) is 4. The molecule has 0 aliphatic heterocycles. The van der Waals surface area contributed by atoms with Gasteiger partial charge in [-0.2, -0.15) is 9.97 Å². The van der Waals surface area contributed by atoms with Crippen LogP contribution in [-0.2, 0) is 0 Å². The summed E-state index contributed by atoms with van der Waals surface area (Å²) in [5, 5.41) is 11.4. The minimum atomic E-state index is 0.549. The predicted molar refractivity (Wildman–Crippen MR) is 242 cm³/mol. The summed E-state index contributed by atoms with van der Waals surface area (Å²) in [5.41, 5.74) is 8.57. The fraction of sp³-hybridized carbons (Fsp3) is 0. The second kappa shape index (κ2) is 12.2. The highest BCUT2D eigenvalue weighted by Gasteiger charge is 2.23. The molecule has 0 saturated heterocycles. The molecule has 13 rings (SSSR count). The van der Waals surface area contributed by atoms with Crippen molar-refractivity contribution >= 4 is 87.1 Å². The van der Waals surface area contributed by atoms with Crippen molar-refractivity contribution in [3.8, 4) is 34.4 Å². The molecule has 0 N–H and O–H groups in total. The summed E-state index contributed by atoms with van der Waals surface area (Å²) in [6.45, 7) is 0. The maximum atomic E-state index is 6.76. The van der Waals surface area contributed by atoms with E-state index >= 15 is 0 Å². The van der Waals surface area contributed by atoms with Crippen molar-refractivity contribution in [2.45, 2.75) is 0 Å². The van der Waals surface area contributed by atoms with E-state index in [2.05, 4.69) is 167 Å². The van der Waals surface area contributed by atoms with Gasteiger partial charge in [0.25, 0.3) is 0 Å². The summed E-state index contributed by atoms with van der Waals surface area (Å²) in [6.07, 6.45) is 0. The number of para-hydroxylation sites is 3. The number of fused-ring (bicyclic) bond motifs is 11. The number of furan rings is 1. The molecule has 9 aromatic carbocycles. The van der Waals surface area contributed by atoms with E-state index < -0.39 is 0 Å². The zero-order valence-electron chi connectivity index (χ0n) is 31.5. The summed E-state index contributed by atoms with van der Waals surface area (Å²) >= 11 is 0. The minimum absolute atomic E-state index is 0.549. The van der Waals surface area contributed by atoms with Crippen molar-refractivity contribution in [2.24, 2.45) is 0 Å². The first kappa shape index (κ1) is 32.0. The van der Waals surface area contributed by atoms with Crippen molar-refractivity contribution in [3.63, 3.8) is 0 Å². The number of aromatic nitrogens is 5. The maximum absolute atomic E-state index is 6.76. The second-order valence-electron chi connectivity index (χ2n) is 15.3. The molecule has 0 saturated carbocycles. The van der Waals surface area contributed by atoms with Gasteiger partial charge in [-0.3, -0.25) is 4.57 Å². The van der Waals surface area contributed by atoms with Gasteiger partial charge < -0.3 is 8.98 Å². The van der Waals surface area contributed by atoms with Crippen LogP contribution in [0.25, 0.3) is 122 Å². The molecule has 13 aromatic rings. The zero-order chi connectivity index (χ0) is 38.6. The summed E-state index contributed by atoms with van der Waals surface area (Å²) in [7, 11) is 0. The Morgan fingerprint density at radius 1 is 0.356 bits per heavy atom. The Bertz CT molecular complexity index is 3710. The summed E-state index contributed by atoms with van der Waals surface area (Å²) in [6, 6.07) is 66.2. The van der Waals surface area contributed by atoms with Crippen LogP contribution in [0.1, 0.15) is 0 Å². The van der Waals surface area contributed by atoms with Gasteiger partial charge in [0.05, 0.1) is 27.8 Å². The monoisotopic (exact) mass is 753 g/mol. The van der Waals surface area contributed by atoms with Crippen LogP contribution in [0.15, 0.2) is 192 Å². The van der Waals surface area contributed by atoms with Gasteiger partial charge in [-0.15, -0.1) is 0 Å². The zero-order valence-corrected chi connectivity index (χ0v) is 31.5. The number of hydrogen-bond donors (Lipinski definition) is 0. The molecule has 0 bridgehead atoms. The van der Waals surface area contributed by atoms with Crippen LogP contribution in [0, 0.1) is 0 Å². The third kappa shape index (κ3) is 4.77. The Kier molecular flexibility index (Phi) is 6.63. The van der Waals surface area contributed by atoms with Crippen LogP contribution < -0.4 is 0 Å². The third-order valence-electron chi connectivity index (χ3n) is 11.9. The van der Waals surface area contributed by atoms with Gasteiger partial charge in [-0.25, -0.2) is 4.98 Å². The Balaban J connectivity index is 1.16. The highest BCUT2D eigenvalue weighted by molar-refractivity contribution is 6.18. The van der Waals surface area contributed by atoms with Gasteiger partial charge in [-0.1, -0.05) is 133 Å². The lowest BCUT2D eigenvalue weighted by Gasteiger charge is -2.14. The molecule has 0 radical (unpaired) electrons. The summed E-state index contributed by atoms with van der Waals surface area (Å²) in [4.78, 5) is 16.0. The van der Waals surface area contributed by atoms with Crippen molar-refractivity contribution in [2.75, 3.05) is 0 Å². The van der Waals surface area contributed by atoms with E-state index in [4.69, 9.17) is 19.4 Å². The summed E-state index contributed by atoms with van der Waals surface area (Å²) in [5.74, 6) is 1.70. The van der Waals surface area contributed by atoms with Gasteiger partial charge >= 0.3 is 0 Å². The van der Waals surface area contributed by atoms with E-state index in [-0.39, 0.29) is 0 Å². The standard InChI is InChI=1S/C53H31N5O/c1-2-14-32(15-3-1)51-54-52(56-53(55-51)58-44-23-11-8-20-38(44)39-21-9-12-24-45(39)58)43-30-37(31-49-50(43)40-22-10-13-25-48(40)59-49)57-46-28-35-18-6-4-16-33(35)26-41(46)42-27-34-17-5-7-19-36(34)29-47(42)57/h1-31H. The lowest BCUT2D eigenvalue weighted by Crippen LogP contribution is -2.07. The topological polar surface area (TPSA) is 61.7 Å². The predicted octanol–water partition coefficient (Wildman–Crippen LogP) is 13.6. The van der Waals surface area contributed by atoms with Crippen molar-refractivity contribution in [1.82, 2.24) is 24.1 Å². The normalized spacial score (nSPS) is 12.1. The first-order valence-corrected chi connectivity index (χ1v) is 19.9. The molecule has 0 spiro atoms. The molecule has 6 nitrogen and oxygen atoms in total. The minimum Gasteiger partial charge on any atom is -0.456 e. The Morgan fingerprint density at radius 2 is 0.881 bits per heavy atom. The molecule has 59 heavy (non-hydrogen) atoms. The van der Waals surface area contributed by atoms with Gasteiger partial charge in [0, 0.05) is 49.5 Å². The van der Waals surface area contributed by atoms with Gasteiger partial charge in [0.2, 0.25) is 5.95 Å². The smallest absolute Gasteiger partial charge is 0.238 e. The van der Waals surface area contributed by atoms with E-state index in [0.717, 1.165) is 71.6 Å². The molecule has 0 amide bonds. The van der Waals surface area contributed by atoms with Crippen molar-refractivity contribution < 1.29 is 4.42 Å². The Morgan fingerprint density at radius 3 is 1.53 bits per heavy atom. The van der Waals surface area contributed by atoms with E-state index in [1.807, 2.05) is 30.3 Å². The SMILES string of the molecule is c1ccc(-c2nc(-c3cc(-n4c5cc6ccccc6cc5c5cc6ccccc6cc54)cc4oc5ccccc5c34)nc(-n3c4ccccc4c4ccccc43)n2)cc1. The van der Waals surface area contributed by atoms with Crippen LogP contribution in [0.3, 0.4) is 0 Å². The number of benzene rings is 9. The van der Waals surface area contributed by atoms with Gasteiger partial charge in [-0.05, 0) is 70.1 Å². The molecule has 0 aliphatic carbocycles. The first-order chi connectivity index (χ1) is 29.2. The van der Waals surface area contributed by atoms with Crippen molar-refractivity contribution in [3.05, 3.63) is 188 Å². The molecule has 274 valence electrons. The van der Waals surface area contributed by atoms with Crippen molar-refractivity contribution in [1.29, 1.82) is 0 Å². The Hall–Kier alpha value is -8.09. The van der Waals surface area contributed by atoms with Crippen LogP contribution in [-0.4, -0.2) is 24.1 Å². The average Bonchev–Trinajstić information content (AvgIpc) is 3.94. The van der Waals surface area contributed by atoms with Gasteiger partial charge in [0.15, 0.2) is 11.6 Å². The average molecular weight is 754 g/mol. The largest absolute Gasteiger partial charge is 0.456 e. The highest BCUT2D eigenvalue weighted by Crippen LogP contribution is 2.42. The first-order valence-electron chi connectivity index (χ1n) is 19.9. The second-order valence-corrected chi connectivity index (χ2v) is 15.3. The lowest BCUT2D eigenvalue weighted by atomic mass is 10.0. The molecule has 6 heteroatoms. The molecular weight excluding hydrogens is 723 g/mol. The third-order valence-corrected chi connectivity index (χ3v) is 11.9. The lowest BCUT2D eigenvalue weighted by molar-refractivity contribution is 0.668. The van der Waals surface area contributed by atoms with E-state index in [1.165, 1.54) is 32.3 Å². The number of nitrogens with zero attached hydrogens (tertiary/aromatic N) is 5. The highest BCUT2D eigenvalue weighted by atomic mass is 16.3. The molecule has 0 atom stereocenters. The van der Waals surface area contributed by atoms with Crippen LogP contribution >= 0.6 is 0 Å². The maximum Gasteiger partial charge on any atom is 0.238 e. The van der Waals surface area contributed by atoms with Crippen LogP contribution in [0.4, 0.5) is 0 Å². The molecular formula is C53H31N5O. The van der Waals surface area contributed by atoms with Crippen LogP contribution in [0.5, 0.6) is 0 Å². The molecule has 0 unspecified atom stereocenters. The fourth-order valence-corrected chi connectivity index (χ4v) is 9.25. The molecule has 4 aromatic heterocycles. The Labute approximate surface area is 336 Å². The van der Waals surface area contributed by atoms with Crippen LogP contribution in [0.2, 0.25) is 0 Å². The van der Waals surface area contributed by atoms with E-state index in [0.29, 0.717) is 17.6 Å². The van der Waals surface area contributed by atoms with E-state index in [1.54, 1.807) is 0 Å². The summed E-state index contributed by atoms with van der Waals surface area (Å²) < 4.78 is 11.3. The van der Waals surface area contributed by atoms with Gasteiger partial charge in [0.1, 0.15) is 11.2 Å². The fourth-order valence-electron chi connectivity index (χ4n) is 9.25. The van der Waals surface area contributed by atoms with E-state index in [9.17, 15) is 0 Å². The molecule has 0 aliphatic rings. The molecule has 0 fully saturated rings. The number of rotatable bonds is 4.